The zero-order chi connectivity index (χ0) is 58.5. The number of esters is 4. The average molecular weight is 1150 g/mol. The zero-order valence-electron chi connectivity index (χ0n) is 54.1. The Morgan fingerprint density at radius 1 is 0.444 bits per heavy atom. The van der Waals surface area contributed by atoms with E-state index in [1.807, 2.05) is 0 Å². The van der Waals surface area contributed by atoms with E-state index in [-0.39, 0.29) is 36.1 Å². The molecule has 0 aromatic rings. The number of carbonyl (C=O) groups excluding carboxylic acids is 4. The van der Waals surface area contributed by atoms with Crippen molar-refractivity contribution >= 4 is 23.9 Å². The van der Waals surface area contributed by atoms with Gasteiger partial charge in [0.25, 0.3) is 0 Å². The Morgan fingerprint density at radius 3 is 1.35 bits per heavy atom. The summed E-state index contributed by atoms with van der Waals surface area (Å²) in [5.41, 5.74) is 0. The lowest BCUT2D eigenvalue weighted by Crippen LogP contribution is -2.42. The number of ether oxygens (including phenoxy) is 5. The van der Waals surface area contributed by atoms with E-state index >= 15 is 0 Å². The van der Waals surface area contributed by atoms with Crippen LogP contribution in [0.1, 0.15) is 356 Å². The fourth-order valence-electron chi connectivity index (χ4n) is 12.2. The number of carbonyl (C=O) groups is 4. The van der Waals surface area contributed by atoms with Crippen LogP contribution in [0, 0.1) is 0 Å². The molecule has 476 valence electrons. The van der Waals surface area contributed by atoms with Crippen LogP contribution in [0.2, 0.25) is 0 Å². The molecular formula is C70H132N2O9. The molecule has 0 aromatic heterocycles. The number of hydrogen-bond acceptors (Lipinski definition) is 11. The first-order valence-corrected chi connectivity index (χ1v) is 35.6. The lowest BCUT2D eigenvalue weighted by molar-refractivity contribution is -0.259. The Labute approximate surface area is 500 Å². The second-order valence-electron chi connectivity index (χ2n) is 25.2. The topological polar surface area (TPSA) is 121 Å². The van der Waals surface area contributed by atoms with Crippen molar-refractivity contribution in [1.29, 1.82) is 0 Å². The smallest absolute Gasteiger partial charge is 0.323 e. The number of hydrogen-bond donors (Lipinski definition) is 0. The molecule has 0 aliphatic carbocycles. The first kappa shape index (κ1) is 74.9. The molecule has 81 heavy (non-hydrogen) atoms. The first-order valence-electron chi connectivity index (χ1n) is 35.6. The maximum atomic E-state index is 14.0. The van der Waals surface area contributed by atoms with Gasteiger partial charge in [-0.1, -0.05) is 253 Å². The molecule has 2 saturated heterocycles. The van der Waals surface area contributed by atoms with Gasteiger partial charge >= 0.3 is 23.9 Å². The monoisotopic (exact) mass is 1140 g/mol. The largest absolute Gasteiger partial charge is 0.466 e. The van der Waals surface area contributed by atoms with Crippen LogP contribution in [0.15, 0.2) is 0 Å². The lowest BCUT2D eigenvalue weighted by atomic mass is 9.97. The van der Waals surface area contributed by atoms with Crippen LogP contribution in [0.25, 0.3) is 0 Å². The minimum atomic E-state index is -0.850. The second kappa shape index (κ2) is 53.2. The number of unbranched alkanes of at least 4 members (excludes halogenated alkanes) is 34. The van der Waals surface area contributed by atoms with E-state index in [1.54, 1.807) is 0 Å². The summed E-state index contributed by atoms with van der Waals surface area (Å²) in [6.45, 7) is 15.6. The van der Waals surface area contributed by atoms with Crippen LogP contribution >= 0.6 is 0 Å². The predicted molar refractivity (Wildman–Crippen MR) is 337 cm³/mol. The van der Waals surface area contributed by atoms with Gasteiger partial charge in [0.2, 0.25) is 5.79 Å². The molecule has 1 unspecified atom stereocenters. The minimum Gasteiger partial charge on any atom is -0.466 e. The van der Waals surface area contributed by atoms with Gasteiger partial charge in [-0.25, -0.2) is 0 Å². The molecule has 2 heterocycles. The second-order valence-corrected chi connectivity index (χ2v) is 25.2. The van der Waals surface area contributed by atoms with Gasteiger partial charge in [-0.2, -0.15) is 0 Å². The van der Waals surface area contributed by atoms with E-state index in [2.05, 4.69) is 44.4 Å². The molecule has 2 aliphatic rings. The van der Waals surface area contributed by atoms with Gasteiger partial charge in [0, 0.05) is 38.6 Å². The van der Waals surface area contributed by atoms with E-state index in [0.29, 0.717) is 52.1 Å². The summed E-state index contributed by atoms with van der Waals surface area (Å²) in [5, 5.41) is 0. The van der Waals surface area contributed by atoms with Crippen LogP contribution in [0.5, 0.6) is 0 Å². The van der Waals surface area contributed by atoms with Crippen LogP contribution in [-0.2, 0) is 42.9 Å². The average Bonchev–Trinajstić information content (AvgIpc) is 4.23. The Hall–Kier alpha value is -2.24. The molecule has 0 spiro atoms. The van der Waals surface area contributed by atoms with Gasteiger partial charge in [0.15, 0.2) is 0 Å². The summed E-state index contributed by atoms with van der Waals surface area (Å²) in [5.74, 6) is -1.54. The van der Waals surface area contributed by atoms with E-state index in [9.17, 15) is 19.2 Å². The molecule has 0 saturated carbocycles. The minimum absolute atomic E-state index is 0.109. The Balaban J connectivity index is 1.94. The summed E-state index contributed by atoms with van der Waals surface area (Å²) < 4.78 is 31.5. The molecular weight excluding hydrogens is 1010 g/mol. The molecule has 0 bridgehead atoms. The van der Waals surface area contributed by atoms with Crippen molar-refractivity contribution in [3.05, 3.63) is 0 Å². The Morgan fingerprint density at radius 2 is 0.852 bits per heavy atom. The molecule has 2 atom stereocenters. The summed E-state index contributed by atoms with van der Waals surface area (Å²) in [7, 11) is 0. The third-order valence-corrected chi connectivity index (χ3v) is 17.4. The number of nitrogens with zero attached hydrogens (tertiary/aromatic N) is 2. The highest BCUT2D eigenvalue weighted by atomic mass is 16.7. The molecule has 0 radical (unpaired) electrons. The highest BCUT2D eigenvalue weighted by Crippen LogP contribution is 2.34. The van der Waals surface area contributed by atoms with Crippen molar-refractivity contribution < 1.29 is 42.9 Å². The summed E-state index contributed by atoms with van der Waals surface area (Å²) >= 11 is 0. The van der Waals surface area contributed by atoms with Gasteiger partial charge in [0.05, 0.1) is 25.9 Å². The molecule has 2 aliphatic heterocycles. The Kier molecular flexibility index (Phi) is 49.2. The van der Waals surface area contributed by atoms with Gasteiger partial charge in [0.1, 0.15) is 12.1 Å². The quantitative estimate of drug-likeness (QED) is 0.0250. The van der Waals surface area contributed by atoms with E-state index < -0.39 is 11.8 Å². The zero-order valence-corrected chi connectivity index (χ0v) is 54.1. The molecule has 2 rings (SSSR count). The normalized spacial score (nSPS) is 16.0. The fourth-order valence-corrected chi connectivity index (χ4v) is 12.2. The SMILES string of the molecule is CCCCCCCCCCCOC(=O)CCCCCN1CC(OC(=O)CN2CCCC2)C[C@H]1C(=O)OCCCCCCCC(=O)OC(CCCCCCCC)(CCCCCCCC)OC(CCCCCCCC)CCCCCCCC. The standard InChI is InChI=1S/C70H132N2O9/c1-6-11-16-21-26-27-28-35-47-58-77-66(73)51-41-37-44-57-72-61-64(79-68(75)62-71-55-45-46-56-71)60-65(72)69(76)78-59-48-36-29-32-40-52-67(74)81-70(53-42-33-24-19-14-9-4,54-43-34-25-20-15-10-5)80-63(49-38-30-22-17-12-7-2)50-39-31-23-18-13-8-3/h63-65H,6-62H2,1-5H3/t64?,65-/m0/s1. The van der Waals surface area contributed by atoms with E-state index in [4.69, 9.17) is 23.7 Å². The third-order valence-electron chi connectivity index (χ3n) is 17.4. The Bertz CT molecular complexity index is 1440. The van der Waals surface area contributed by atoms with Crippen molar-refractivity contribution in [2.45, 2.75) is 380 Å². The van der Waals surface area contributed by atoms with Crippen LogP contribution in [0.3, 0.4) is 0 Å². The van der Waals surface area contributed by atoms with Crippen molar-refractivity contribution in [2.75, 3.05) is 45.9 Å². The van der Waals surface area contributed by atoms with Crippen molar-refractivity contribution in [3.8, 4) is 0 Å². The summed E-state index contributed by atoms with van der Waals surface area (Å²) in [6, 6.07) is -0.457. The molecule has 2 fully saturated rings. The molecule has 0 amide bonds. The maximum Gasteiger partial charge on any atom is 0.323 e. The molecule has 11 heteroatoms. The first-order chi connectivity index (χ1) is 39.7. The molecule has 0 aromatic carbocycles. The fraction of sp³-hybridized carbons (Fsp3) is 0.943. The van der Waals surface area contributed by atoms with Crippen LogP contribution in [-0.4, -0.2) is 104 Å². The van der Waals surface area contributed by atoms with Gasteiger partial charge < -0.3 is 23.7 Å². The highest BCUT2D eigenvalue weighted by molar-refractivity contribution is 5.77. The van der Waals surface area contributed by atoms with E-state index in [1.165, 1.54) is 173 Å². The third kappa shape index (κ3) is 41.5. The number of rotatable bonds is 59. The predicted octanol–water partition coefficient (Wildman–Crippen LogP) is 19.2. The van der Waals surface area contributed by atoms with Gasteiger partial charge in [-0.15, -0.1) is 0 Å². The summed E-state index contributed by atoms with van der Waals surface area (Å²) in [6.07, 6.45) is 54.4. The molecule has 0 N–H and O–H groups in total. The molecule has 11 nitrogen and oxygen atoms in total. The van der Waals surface area contributed by atoms with Crippen molar-refractivity contribution in [2.24, 2.45) is 0 Å². The van der Waals surface area contributed by atoms with Crippen molar-refractivity contribution in [3.63, 3.8) is 0 Å². The van der Waals surface area contributed by atoms with Gasteiger partial charge in [-0.3, -0.25) is 29.0 Å². The maximum absolute atomic E-state index is 14.0. The lowest BCUT2D eigenvalue weighted by Gasteiger charge is -2.37. The summed E-state index contributed by atoms with van der Waals surface area (Å²) in [4.78, 5) is 57.4. The highest BCUT2D eigenvalue weighted by Gasteiger charge is 2.40. The van der Waals surface area contributed by atoms with Gasteiger partial charge in [-0.05, 0) is 90.3 Å². The number of likely N-dealkylation sites (tertiary alicyclic amines) is 2. The van der Waals surface area contributed by atoms with Crippen LogP contribution < -0.4 is 0 Å². The van der Waals surface area contributed by atoms with Crippen LogP contribution in [0.4, 0.5) is 0 Å². The van der Waals surface area contributed by atoms with Crippen molar-refractivity contribution in [1.82, 2.24) is 9.80 Å². The van der Waals surface area contributed by atoms with E-state index in [0.717, 1.165) is 142 Å².